The molecule has 0 bridgehead atoms. The van der Waals surface area contributed by atoms with E-state index in [4.69, 9.17) is 0 Å². The van der Waals surface area contributed by atoms with Crippen molar-refractivity contribution in [1.82, 2.24) is 0 Å². The van der Waals surface area contributed by atoms with Crippen LogP contribution in [0, 0.1) is 0 Å². The summed E-state index contributed by atoms with van der Waals surface area (Å²) in [4.78, 5) is 0. The number of hydrogen-bond acceptors (Lipinski definition) is 0. The molecule has 0 heterocycles. The molecule has 0 aromatic rings. The van der Waals surface area contributed by atoms with E-state index in [-0.39, 0.29) is 97.6 Å². The molecule has 4 heavy (non-hydrogen) atoms. The third-order valence-corrected chi connectivity index (χ3v) is 0. The third kappa shape index (κ3) is 8.87. The van der Waals surface area contributed by atoms with Gasteiger partial charge in [0.2, 0.25) is 0 Å². The van der Waals surface area contributed by atoms with E-state index in [1.165, 1.54) is 0 Å². The molecule has 0 unspecified atom stereocenters. The Morgan fingerprint density at radius 1 is 1.00 bits per heavy atom. The van der Waals surface area contributed by atoms with Crippen molar-refractivity contribution < 1.29 is 22.5 Å². The molecule has 0 saturated heterocycles. The molecule has 0 fully saturated rings. The molecule has 0 aliphatic carbocycles. The minimum Gasteiger partial charge on any atom is -2.00 e. The molecule has 0 saturated carbocycles. The van der Waals surface area contributed by atoms with Crippen LogP contribution in [0.15, 0.2) is 0 Å². The summed E-state index contributed by atoms with van der Waals surface area (Å²) in [5.41, 5.74) is 0. The molecule has 0 aromatic heterocycles. The van der Waals surface area contributed by atoms with E-state index < -0.39 is 0 Å². The van der Waals surface area contributed by atoms with Gasteiger partial charge in [0.25, 0.3) is 0 Å². The normalized spacial score (nSPS) is 0. The van der Waals surface area contributed by atoms with Gasteiger partial charge in [-0.15, -0.1) is 0 Å². The van der Waals surface area contributed by atoms with Crippen molar-refractivity contribution in [2.24, 2.45) is 0 Å². The zero-order valence-corrected chi connectivity index (χ0v) is 10.9. The summed E-state index contributed by atoms with van der Waals surface area (Å²) in [5, 5.41) is 0. The van der Waals surface area contributed by atoms with Gasteiger partial charge in [0, 0.05) is 0 Å². The van der Waals surface area contributed by atoms with Crippen molar-refractivity contribution in [2.45, 2.75) is 0 Å². The predicted molar refractivity (Wildman–Crippen MR) is 12.2 cm³/mol. The Kier molecular flexibility index (Phi) is 119. The average molecular weight is 418 g/mol. The van der Waals surface area contributed by atoms with Crippen LogP contribution in [0.1, 0.15) is 0 Å². The van der Waals surface area contributed by atoms with E-state index in [1.54, 1.807) is 0 Å². The largest absolute Gasteiger partial charge is 3.00 e. The first-order valence-corrected chi connectivity index (χ1v) is 0. The SMILES string of the molecule is [Ba+2].[Bi+3].[Fe+2].[O-2]. The van der Waals surface area contributed by atoms with Gasteiger partial charge in [-0.3, -0.25) is 0 Å². The quantitative estimate of drug-likeness (QED) is 0.458. The van der Waals surface area contributed by atoms with Crippen LogP contribution in [0.4, 0.5) is 0 Å². The number of rotatable bonds is 0. The Labute approximate surface area is 95.3 Å². The molecule has 2 radical (unpaired) electrons. The van der Waals surface area contributed by atoms with Gasteiger partial charge >= 0.3 is 92.2 Å². The summed E-state index contributed by atoms with van der Waals surface area (Å²) in [7, 11) is 0. The second kappa shape index (κ2) is 16.8. The van der Waals surface area contributed by atoms with Gasteiger partial charge in [0.1, 0.15) is 0 Å². The zero-order valence-electron chi connectivity index (χ0n) is 1.92. The molecule has 0 aliphatic rings. The maximum Gasteiger partial charge on any atom is 3.00 e. The first-order chi connectivity index (χ1) is 0. The molecule has 0 aliphatic heterocycles. The summed E-state index contributed by atoms with van der Waals surface area (Å²) in [6, 6.07) is 0. The van der Waals surface area contributed by atoms with Gasteiger partial charge in [-0.25, -0.2) is 0 Å². The molecular weight excluding hydrogens is 418 g/mol. The predicted octanol–water partition coefficient (Wildman–Crippen LogP) is -0.883. The van der Waals surface area contributed by atoms with Gasteiger partial charge in [0.15, 0.2) is 0 Å². The molecular formula is BaBiFeO+5. The molecule has 0 rings (SSSR count). The fourth-order valence-electron chi connectivity index (χ4n) is 0. The van der Waals surface area contributed by atoms with Gasteiger partial charge in [-0.05, 0) is 0 Å². The van der Waals surface area contributed by atoms with Crippen LogP contribution in [0.25, 0.3) is 0 Å². The zero-order chi connectivity index (χ0) is 0. The van der Waals surface area contributed by atoms with Crippen LogP contribution in [0.5, 0.6) is 0 Å². The smallest absolute Gasteiger partial charge is 2.00 e. The molecule has 1 nitrogen and oxygen atoms in total. The molecule has 0 spiro atoms. The van der Waals surface area contributed by atoms with Gasteiger partial charge in [-0.1, -0.05) is 0 Å². The standard InChI is InChI=1S/Ba.Bi.Fe.O/q+2;+3;+2;-2. The van der Waals surface area contributed by atoms with Crippen LogP contribution in [0.3, 0.4) is 0 Å². The van der Waals surface area contributed by atoms with Crippen LogP contribution in [-0.4, -0.2) is 75.1 Å². The molecule has 0 atom stereocenters. The summed E-state index contributed by atoms with van der Waals surface area (Å²) >= 11 is 0. The maximum atomic E-state index is 0. The summed E-state index contributed by atoms with van der Waals surface area (Å²) in [5.74, 6) is 0. The molecule has 16 valence electrons. The Morgan fingerprint density at radius 3 is 1.00 bits per heavy atom. The Bertz CT molecular complexity index is 8.00. The van der Waals surface area contributed by atoms with Crippen LogP contribution >= 0.6 is 0 Å². The van der Waals surface area contributed by atoms with E-state index in [0.717, 1.165) is 0 Å². The Hall–Kier alpha value is 2.93. The average Bonchev–Trinajstić information content (AvgIpc) is 0. The fraction of sp³-hybridized carbons (Fsp3) is 0. The van der Waals surface area contributed by atoms with Crippen molar-refractivity contribution in [2.75, 3.05) is 0 Å². The Balaban J connectivity index is 0. The monoisotopic (exact) mass is 419 g/mol. The molecule has 0 aromatic carbocycles. The topological polar surface area (TPSA) is 28.5 Å². The van der Waals surface area contributed by atoms with Crippen molar-refractivity contribution >= 4 is 75.1 Å². The second-order valence-corrected chi connectivity index (χ2v) is 0. The second-order valence-electron chi connectivity index (χ2n) is 0. The first-order valence-electron chi connectivity index (χ1n) is 0. The van der Waals surface area contributed by atoms with Gasteiger partial charge in [-0.2, -0.15) is 0 Å². The van der Waals surface area contributed by atoms with Crippen molar-refractivity contribution in [3.8, 4) is 0 Å². The van der Waals surface area contributed by atoms with Crippen LogP contribution in [0.2, 0.25) is 0 Å². The fourth-order valence-corrected chi connectivity index (χ4v) is 0. The minimum atomic E-state index is 0. The van der Waals surface area contributed by atoms with Crippen molar-refractivity contribution in [1.29, 1.82) is 0 Å². The van der Waals surface area contributed by atoms with E-state index in [0.29, 0.717) is 0 Å². The third-order valence-electron chi connectivity index (χ3n) is 0. The molecule has 0 amide bonds. The Morgan fingerprint density at radius 2 is 1.00 bits per heavy atom. The van der Waals surface area contributed by atoms with E-state index >= 15 is 0 Å². The molecule has 4 heteroatoms. The maximum absolute atomic E-state index is 0. The van der Waals surface area contributed by atoms with E-state index in [1.807, 2.05) is 0 Å². The van der Waals surface area contributed by atoms with Crippen LogP contribution < -0.4 is 0 Å². The number of hydrogen-bond donors (Lipinski definition) is 0. The summed E-state index contributed by atoms with van der Waals surface area (Å²) < 4.78 is 0. The van der Waals surface area contributed by atoms with Crippen LogP contribution in [-0.2, 0) is 22.5 Å². The summed E-state index contributed by atoms with van der Waals surface area (Å²) in [6.07, 6.45) is 0. The molecule has 0 N–H and O–H groups in total. The van der Waals surface area contributed by atoms with E-state index in [2.05, 4.69) is 0 Å². The van der Waals surface area contributed by atoms with Gasteiger partial charge in [0.05, 0.1) is 0 Å². The summed E-state index contributed by atoms with van der Waals surface area (Å²) in [6.45, 7) is 0. The van der Waals surface area contributed by atoms with E-state index in [9.17, 15) is 0 Å². The first kappa shape index (κ1) is 28.4. The van der Waals surface area contributed by atoms with Gasteiger partial charge < -0.3 is 5.48 Å². The van der Waals surface area contributed by atoms with Crippen molar-refractivity contribution in [3.63, 3.8) is 0 Å². The minimum absolute atomic E-state index is 0. The van der Waals surface area contributed by atoms with Crippen molar-refractivity contribution in [3.05, 3.63) is 0 Å².